The number of nitrogens with zero attached hydrogens (tertiary/aromatic N) is 2. The average molecular weight is 271 g/mol. The van der Waals surface area contributed by atoms with E-state index in [1.165, 1.54) is 11.9 Å². The highest BCUT2D eigenvalue weighted by molar-refractivity contribution is 6.04. The van der Waals surface area contributed by atoms with Crippen LogP contribution in [0.2, 0.25) is 0 Å². The van der Waals surface area contributed by atoms with E-state index < -0.39 is 6.03 Å². The van der Waals surface area contributed by atoms with Gasteiger partial charge in [-0.25, -0.2) is 4.79 Å². The summed E-state index contributed by atoms with van der Waals surface area (Å²) < 4.78 is 0. The molecule has 7 nitrogen and oxygen atoms in total. The zero-order chi connectivity index (χ0) is 14.4. The lowest BCUT2D eigenvalue weighted by molar-refractivity contribution is -0.130. The van der Waals surface area contributed by atoms with Crippen molar-refractivity contribution in [2.75, 3.05) is 33.3 Å². The summed E-state index contributed by atoms with van der Waals surface area (Å²) in [5.41, 5.74) is 0. The van der Waals surface area contributed by atoms with Gasteiger partial charge in [-0.2, -0.15) is 0 Å². The first-order valence-corrected chi connectivity index (χ1v) is 6.42. The second-order valence-electron chi connectivity index (χ2n) is 4.71. The lowest BCUT2D eigenvalue weighted by Crippen LogP contribution is -2.42. The van der Waals surface area contributed by atoms with Crippen LogP contribution in [0.1, 0.15) is 19.8 Å². The highest BCUT2D eigenvalue weighted by Gasteiger charge is 2.34. The summed E-state index contributed by atoms with van der Waals surface area (Å²) in [5.74, 6) is -0.500. The number of imide groups is 1. The van der Waals surface area contributed by atoms with Gasteiger partial charge in [-0.1, -0.05) is 13.3 Å². The van der Waals surface area contributed by atoms with Crippen LogP contribution >= 0.6 is 0 Å². The summed E-state index contributed by atoms with van der Waals surface area (Å²) >= 11 is 0. The Morgan fingerprint density at radius 1 is 1.47 bits per heavy atom. The van der Waals surface area contributed by atoms with Crippen molar-refractivity contribution in [3.63, 3.8) is 0 Å². The van der Waals surface area contributed by atoms with E-state index in [1.54, 1.807) is 0 Å². The van der Waals surface area contributed by atoms with E-state index in [9.17, 15) is 14.4 Å². The number of carbonyl (C=O) groups excluding carboxylic acids is 3. The molecule has 0 aromatic rings. The summed E-state index contributed by atoms with van der Waals surface area (Å²) in [6.07, 6.45) is 1.48. The van der Waals surface area contributed by atoms with Gasteiger partial charge in [0.05, 0.1) is 0 Å². The van der Waals surface area contributed by atoms with Crippen molar-refractivity contribution in [1.29, 1.82) is 0 Å². The summed E-state index contributed by atoms with van der Waals surface area (Å²) in [6, 6.07) is -0.442. The quantitative estimate of drug-likeness (QED) is 0.605. The predicted molar refractivity (Wildman–Crippen MR) is 68.2 cm³/mol. The number of urea groups is 1. The molecule has 0 aromatic heterocycles. The fourth-order valence-electron chi connectivity index (χ4n) is 1.92. The van der Waals surface area contributed by atoms with Crippen molar-refractivity contribution in [1.82, 2.24) is 15.1 Å². The van der Waals surface area contributed by atoms with E-state index in [0.29, 0.717) is 13.0 Å². The first-order chi connectivity index (χ1) is 8.99. The van der Waals surface area contributed by atoms with Crippen molar-refractivity contribution < 1.29 is 19.5 Å². The van der Waals surface area contributed by atoms with Crippen molar-refractivity contribution >= 4 is 17.8 Å². The predicted octanol–water partition coefficient (Wildman–Crippen LogP) is -0.595. The van der Waals surface area contributed by atoms with Crippen LogP contribution in [0.25, 0.3) is 0 Å². The van der Waals surface area contributed by atoms with Gasteiger partial charge >= 0.3 is 6.03 Å². The van der Waals surface area contributed by atoms with Crippen LogP contribution in [0.15, 0.2) is 0 Å². The van der Waals surface area contributed by atoms with Gasteiger partial charge in [0.1, 0.15) is 13.1 Å². The third-order valence-electron chi connectivity index (χ3n) is 3.24. The molecule has 1 saturated heterocycles. The molecule has 0 radical (unpaired) electrons. The standard InChI is InChI=1S/C12H21N3O4/c1-3-9(4-5-16)6-13-10(17)7-15-11(18)8-14(2)12(15)19/h9,16H,3-8H2,1-2H3,(H,13,17). The van der Waals surface area contributed by atoms with Gasteiger partial charge in [-0.3, -0.25) is 14.5 Å². The molecular weight excluding hydrogens is 250 g/mol. The maximum Gasteiger partial charge on any atom is 0.327 e. The smallest absolute Gasteiger partial charge is 0.327 e. The van der Waals surface area contributed by atoms with Gasteiger partial charge in [0.15, 0.2) is 0 Å². The Morgan fingerprint density at radius 2 is 2.16 bits per heavy atom. The number of carbonyl (C=O) groups is 3. The Labute approximate surface area is 112 Å². The molecule has 4 amide bonds. The second-order valence-corrected chi connectivity index (χ2v) is 4.71. The molecule has 108 valence electrons. The largest absolute Gasteiger partial charge is 0.396 e. The molecule has 7 heteroatoms. The molecule has 0 aliphatic carbocycles. The number of hydrogen-bond acceptors (Lipinski definition) is 4. The van der Waals surface area contributed by atoms with Crippen LogP contribution < -0.4 is 5.32 Å². The molecule has 1 aliphatic heterocycles. The topological polar surface area (TPSA) is 89.9 Å². The third-order valence-corrected chi connectivity index (χ3v) is 3.24. The maximum atomic E-state index is 11.7. The number of amides is 4. The van der Waals surface area contributed by atoms with E-state index in [4.69, 9.17) is 5.11 Å². The SMILES string of the molecule is CCC(CCO)CNC(=O)CN1C(=O)CN(C)C1=O. The first kappa shape index (κ1) is 15.4. The molecule has 2 N–H and O–H groups in total. The highest BCUT2D eigenvalue weighted by atomic mass is 16.3. The Kier molecular flexibility index (Phi) is 5.75. The molecule has 1 rings (SSSR count). The second kappa shape index (κ2) is 7.08. The van der Waals surface area contributed by atoms with Crippen molar-refractivity contribution in [2.24, 2.45) is 5.92 Å². The minimum atomic E-state index is -0.442. The van der Waals surface area contributed by atoms with Crippen LogP contribution in [0, 0.1) is 5.92 Å². The van der Waals surface area contributed by atoms with Crippen LogP contribution in [-0.2, 0) is 9.59 Å². The zero-order valence-corrected chi connectivity index (χ0v) is 11.4. The van der Waals surface area contributed by atoms with Crippen LogP contribution in [-0.4, -0.2) is 66.0 Å². The molecule has 0 spiro atoms. The zero-order valence-electron chi connectivity index (χ0n) is 11.4. The number of rotatable bonds is 7. The van der Waals surface area contributed by atoms with Gasteiger partial charge in [0, 0.05) is 20.2 Å². The lowest BCUT2D eigenvalue weighted by atomic mass is 10.0. The molecular formula is C12H21N3O4. The Hall–Kier alpha value is -1.63. The maximum absolute atomic E-state index is 11.7. The average Bonchev–Trinajstić information content (AvgIpc) is 2.61. The summed E-state index contributed by atoms with van der Waals surface area (Å²) in [5, 5.41) is 11.5. The fraction of sp³-hybridized carbons (Fsp3) is 0.750. The molecule has 1 aliphatic rings. The first-order valence-electron chi connectivity index (χ1n) is 6.42. The minimum absolute atomic E-state index is 0.0220. The fourth-order valence-corrected chi connectivity index (χ4v) is 1.92. The summed E-state index contributed by atoms with van der Waals surface area (Å²) in [6.45, 7) is 2.30. The van der Waals surface area contributed by atoms with E-state index in [1.807, 2.05) is 6.92 Å². The number of aliphatic hydroxyl groups is 1. The molecule has 0 aromatic carbocycles. The van der Waals surface area contributed by atoms with Gasteiger partial charge < -0.3 is 15.3 Å². The third kappa shape index (κ3) is 4.20. The van der Waals surface area contributed by atoms with E-state index in [0.717, 1.165) is 11.3 Å². The Balaban J connectivity index is 2.39. The molecule has 0 saturated carbocycles. The van der Waals surface area contributed by atoms with Crippen LogP contribution in [0.5, 0.6) is 0 Å². The van der Waals surface area contributed by atoms with E-state index in [-0.39, 0.29) is 37.4 Å². The lowest BCUT2D eigenvalue weighted by Gasteiger charge is -2.17. The number of likely N-dealkylation sites (N-methyl/N-ethyl adjacent to an activating group) is 1. The molecule has 19 heavy (non-hydrogen) atoms. The summed E-state index contributed by atoms with van der Waals surface area (Å²) in [4.78, 5) is 36.9. The monoisotopic (exact) mass is 271 g/mol. The van der Waals surface area contributed by atoms with Gasteiger partial charge in [-0.05, 0) is 12.3 Å². The molecule has 1 heterocycles. The molecule has 1 unspecified atom stereocenters. The van der Waals surface area contributed by atoms with Crippen LogP contribution in [0.4, 0.5) is 4.79 Å². The molecule has 0 bridgehead atoms. The van der Waals surface area contributed by atoms with Crippen molar-refractivity contribution in [2.45, 2.75) is 19.8 Å². The van der Waals surface area contributed by atoms with E-state index >= 15 is 0 Å². The number of hydrogen-bond donors (Lipinski definition) is 2. The van der Waals surface area contributed by atoms with Gasteiger partial charge in [0.2, 0.25) is 5.91 Å². The normalized spacial score (nSPS) is 17.0. The summed E-state index contributed by atoms with van der Waals surface area (Å²) in [7, 11) is 1.52. The van der Waals surface area contributed by atoms with E-state index in [2.05, 4.69) is 5.32 Å². The highest BCUT2D eigenvalue weighted by Crippen LogP contribution is 2.08. The van der Waals surface area contributed by atoms with Gasteiger partial charge in [-0.15, -0.1) is 0 Å². The Bertz CT molecular complexity index is 359. The minimum Gasteiger partial charge on any atom is -0.396 e. The van der Waals surface area contributed by atoms with Gasteiger partial charge in [0.25, 0.3) is 5.91 Å². The Morgan fingerprint density at radius 3 is 2.63 bits per heavy atom. The number of aliphatic hydroxyl groups excluding tert-OH is 1. The van der Waals surface area contributed by atoms with Crippen molar-refractivity contribution in [3.05, 3.63) is 0 Å². The molecule has 1 fully saturated rings. The van der Waals surface area contributed by atoms with Crippen LogP contribution in [0.3, 0.4) is 0 Å². The van der Waals surface area contributed by atoms with Crippen molar-refractivity contribution in [3.8, 4) is 0 Å². The molecule has 1 atom stereocenters. The number of nitrogens with one attached hydrogen (secondary N) is 1.